The summed E-state index contributed by atoms with van der Waals surface area (Å²) in [6, 6.07) is 8.29. The zero-order chi connectivity index (χ0) is 18.1. The smallest absolute Gasteiger partial charge is 0.205 e. The van der Waals surface area contributed by atoms with E-state index in [0.717, 1.165) is 0 Å². The number of aliphatic hydroxyl groups is 1. The van der Waals surface area contributed by atoms with Crippen LogP contribution in [0.15, 0.2) is 18.2 Å². The molecule has 126 valence electrons. The normalized spacial score (nSPS) is 29.2. The molecule has 1 fully saturated rings. The summed E-state index contributed by atoms with van der Waals surface area (Å²) in [6.45, 7) is 3.44. The fourth-order valence-corrected chi connectivity index (χ4v) is 4.14. The van der Waals surface area contributed by atoms with Gasteiger partial charge in [0.15, 0.2) is 0 Å². The zero-order valence-electron chi connectivity index (χ0n) is 13.6. The third kappa shape index (κ3) is 1.69. The lowest BCUT2D eigenvalue weighted by molar-refractivity contribution is -0.0936. The quantitative estimate of drug-likeness (QED) is 0.730. The molecule has 4 rings (SSSR count). The Bertz CT molecular complexity index is 1010. The number of rotatable bonds is 1. The number of aliphatic hydroxyl groups excluding tert-OH is 1. The van der Waals surface area contributed by atoms with E-state index >= 15 is 0 Å². The van der Waals surface area contributed by atoms with Crippen LogP contribution in [-0.2, 0) is 15.9 Å². The van der Waals surface area contributed by atoms with Crippen molar-refractivity contribution in [1.29, 1.82) is 10.5 Å². The van der Waals surface area contributed by atoms with Gasteiger partial charge in [-0.25, -0.2) is 0 Å². The molecule has 2 aliphatic rings. The second-order valence-corrected chi connectivity index (χ2v) is 6.85. The van der Waals surface area contributed by atoms with Gasteiger partial charge in [-0.1, -0.05) is 0 Å². The largest absolute Gasteiger partial charge is 0.494 e. The van der Waals surface area contributed by atoms with Crippen LogP contribution in [0.1, 0.15) is 42.5 Å². The lowest BCUT2D eigenvalue weighted by atomic mass is 9.78. The average Bonchev–Trinajstić information content (AvgIpc) is 3.08. The Balaban J connectivity index is 1.99. The van der Waals surface area contributed by atoms with Crippen LogP contribution in [0.2, 0.25) is 0 Å². The number of ether oxygens (including phenoxy) is 1. The van der Waals surface area contributed by atoms with Gasteiger partial charge in [0, 0.05) is 6.42 Å². The molecular weight excluding hydrogens is 322 g/mol. The first-order valence-corrected chi connectivity index (χ1v) is 7.77. The van der Waals surface area contributed by atoms with Crippen molar-refractivity contribution < 1.29 is 20.1 Å². The second-order valence-electron chi connectivity index (χ2n) is 6.85. The third-order valence-corrected chi connectivity index (χ3v) is 5.30. The van der Waals surface area contributed by atoms with Crippen LogP contribution in [0.3, 0.4) is 0 Å². The molecule has 3 atom stereocenters. The average molecular weight is 337 g/mol. The van der Waals surface area contributed by atoms with E-state index in [1.807, 2.05) is 12.1 Å². The predicted molar refractivity (Wildman–Crippen MR) is 84.9 cm³/mol. The molecule has 1 saturated heterocycles. The summed E-state index contributed by atoms with van der Waals surface area (Å²) in [5.74, 6) is -0.440. The Labute approximate surface area is 143 Å². The third-order valence-electron chi connectivity index (χ3n) is 5.30. The Morgan fingerprint density at radius 1 is 1.12 bits per heavy atom. The van der Waals surface area contributed by atoms with Gasteiger partial charge >= 0.3 is 0 Å². The van der Waals surface area contributed by atoms with Crippen LogP contribution in [0, 0.1) is 22.7 Å². The fraction of sp³-hybridized carbons (Fsp3) is 0.333. The number of nitrogens with zero attached hydrogens (tertiary/aromatic N) is 3. The number of hydrogen-bond donors (Lipinski definition) is 3. The molecule has 3 heterocycles. The summed E-state index contributed by atoms with van der Waals surface area (Å²) in [6.07, 6.45) is -0.494. The van der Waals surface area contributed by atoms with Gasteiger partial charge in [-0.2, -0.15) is 10.5 Å². The maximum atomic E-state index is 10.8. The van der Waals surface area contributed by atoms with E-state index in [2.05, 4.69) is 0 Å². The molecule has 0 unspecified atom stereocenters. The first-order valence-electron chi connectivity index (χ1n) is 7.77. The minimum atomic E-state index is -1.11. The summed E-state index contributed by atoms with van der Waals surface area (Å²) in [7, 11) is 0. The minimum absolute atomic E-state index is 0.143. The van der Waals surface area contributed by atoms with Gasteiger partial charge in [0.05, 0.1) is 39.6 Å². The molecule has 3 N–H and O–H groups in total. The van der Waals surface area contributed by atoms with Crippen molar-refractivity contribution in [3.63, 3.8) is 0 Å². The number of fused-ring (bicyclic) bond motifs is 5. The highest BCUT2D eigenvalue weighted by Crippen LogP contribution is 2.64. The lowest BCUT2D eigenvalue weighted by Gasteiger charge is -2.25. The molecule has 1 aromatic carbocycles. The van der Waals surface area contributed by atoms with Crippen LogP contribution < -0.4 is 0 Å². The molecule has 25 heavy (non-hydrogen) atoms. The van der Waals surface area contributed by atoms with Crippen molar-refractivity contribution in [3.05, 3.63) is 40.5 Å². The number of aromatic hydroxyl groups is 2. The summed E-state index contributed by atoms with van der Waals surface area (Å²) in [5, 5.41) is 50.1. The Hall–Kier alpha value is -3.00. The van der Waals surface area contributed by atoms with E-state index in [4.69, 9.17) is 10.00 Å². The van der Waals surface area contributed by atoms with Crippen LogP contribution in [-0.4, -0.2) is 26.0 Å². The van der Waals surface area contributed by atoms with E-state index in [-0.39, 0.29) is 22.9 Å². The summed E-state index contributed by atoms with van der Waals surface area (Å²) < 4.78 is 7.14. The van der Waals surface area contributed by atoms with Crippen molar-refractivity contribution in [2.24, 2.45) is 0 Å². The van der Waals surface area contributed by atoms with E-state index in [1.165, 1.54) is 22.8 Å². The Morgan fingerprint density at radius 3 is 2.40 bits per heavy atom. The standard InChI is InChI=1S/C18H15N3O4/c1-17-6-12(22)18(2,25-17)14-13(17)15(23)21(16(14)24)11-4-3-9(7-19)10(5-11)8-20/h3-5,12,22-24H,6H2,1-2H3/t12-,17-,18+/m0/s1. The molecule has 7 heteroatoms. The first kappa shape index (κ1) is 15.5. The van der Waals surface area contributed by atoms with Gasteiger partial charge < -0.3 is 20.1 Å². The van der Waals surface area contributed by atoms with Crippen LogP contribution in [0.25, 0.3) is 5.69 Å². The molecule has 7 nitrogen and oxygen atoms in total. The zero-order valence-corrected chi connectivity index (χ0v) is 13.6. The number of benzene rings is 1. The van der Waals surface area contributed by atoms with E-state index < -0.39 is 17.3 Å². The van der Waals surface area contributed by atoms with Gasteiger partial charge in [-0.15, -0.1) is 0 Å². The van der Waals surface area contributed by atoms with Crippen molar-refractivity contribution in [2.45, 2.75) is 37.6 Å². The Morgan fingerprint density at radius 2 is 1.76 bits per heavy atom. The van der Waals surface area contributed by atoms with Crippen molar-refractivity contribution >= 4 is 0 Å². The summed E-state index contributed by atoms with van der Waals surface area (Å²) >= 11 is 0. The highest BCUT2D eigenvalue weighted by molar-refractivity contribution is 5.62. The van der Waals surface area contributed by atoms with E-state index in [0.29, 0.717) is 23.2 Å². The Kier molecular flexibility index (Phi) is 2.82. The van der Waals surface area contributed by atoms with Gasteiger partial charge in [-0.3, -0.25) is 4.57 Å². The van der Waals surface area contributed by atoms with Crippen molar-refractivity contribution in [1.82, 2.24) is 4.57 Å². The monoisotopic (exact) mass is 337 g/mol. The lowest BCUT2D eigenvalue weighted by Crippen LogP contribution is -2.32. The molecular formula is C18H15N3O4. The number of nitriles is 2. The van der Waals surface area contributed by atoms with E-state index in [9.17, 15) is 20.6 Å². The van der Waals surface area contributed by atoms with Crippen LogP contribution in [0.5, 0.6) is 11.8 Å². The second kappa shape index (κ2) is 4.54. The molecule has 0 radical (unpaired) electrons. The predicted octanol–water partition coefficient (Wildman–Crippen LogP) is 1.86. The van der Waals surface area contributed by atoms with E-state index in [1.54, 1.807) is 13.8 Å². The molecule has 2 aliphatic heterocycles. The van der Waals surface area contributed by atoms with Gasteiger partial charge in [-0.05, 0) is 32.0 Å². The van der Waals surface area contributed by atoms with Gasteiger partial charge in [0.25, 0.3) is 0 Å². The first-order chi connectivity index (χ1) is 11.8. The molecule has 2 bridgehead atoms. The maximum Gasteiger partial charge on any atom is 0.205 e. The highest BCUT2D eigenvalue weighted by atomic mass is 16.6. The van der Waals surface area contributed by atoms with Gasteiger partial charge in [0.1, 0.15) is 17.7 Å². The minimum Gasteiger partial charge on any atom is -0.494 e. The topological polar surface area (TPSA) is 122 Å². The molecule has 1 aromatic heterocycles. The van der Waals surface area contributed by atoms with Crippen molar-refractivity contribution in [2.75, 3.05) is 0 Å². The fourth-order valence-electron chi connectivity index (χ4n) is 4.14. The number of hydrogen-bond acceptors (Lipinski definition) is 6. The molecule has 0 aliphatic carbocycles. The molecule has 0 saturated carbocycles. The SMILES string of the molecule is C[C@@]12O[C@@](C)(C[C@@H]1O)c1c2c(O)n(-c2ccc(C#N)c(C#N)c2)c1O. The summed E-state index contributed by atoms with van der Waals surface area (Å²) in [5.41, 5.74) is -0.509. The molecule has 0 amide bonds. The highest BCUT2D eigenvalue weighted by Gasteiger charge is 2.64. The van der Waals surface area contributed by atoms with Crippen LogP contribution >= 0.6 is 0 Å². The maximum absolute atomic E-state index is 10.8. The molecule has 0 spiro atoms. The summed E-state index contributed by atoms with van der Waals surface area (Å²) in [4.78, 5) is 0. The van der Waals surface area contributed by atoms with Gasteiger partial charge in [0.2, 0.25) is 11.8 Å². The van der Waals surface area contributed by atoms with Crippen molar-refractivity contribution in [3.8, 4) is 29.6 Å². The molecule has 2 aromatic rings. The van der Waals surface area contributed by atoms with Crippen LogP contribution in [0.4, 0.5) is 0 Å². The number of aromatic nitrogens is 1.